The Balaban J connectivity index is 3.27. The molecule has 6 heteroatoms. The van der Waals surface area contributed by atoms with Gasteiger partial charge in [-0.2, -0.15) is 0 Å². The lowest BCUT2D eigenvalue weighted by Crippen LogP contribution is -2.07. The molecule has 0 aliphatic heterocycles. The molecular weight excluding hydrogens is 251 g/mol. The zero-order valence-electron chi connectivity index (χ0n) is 8.70. The highest BCUT2D eigenvalue weighted by Crippen LogP contribution is 2.23. The Bertz CT molecular complexity index is 522. The molecular formula is C11H8ClFO4. The Morgan fingerprint density at radius 3 is 2.47 bits per heavy atom. The molecule has 90 valence electrons. The molecule has 17 heavy (non-hydrogen) atoms. The van der Waals surface area contributed by atoms with Crippen LogP contribution in [-0.2, 0) is 4.79 Å². The maximum Gasteiger partial charge on any atom is 0.371 e. The number of rotatable bonds is 3. The average molecular weight is 259 g/mol. The molecule has 0 radical (unpaired) electrons. The van der Waals surface area contributed by atoms with Crippen LogP contribution in [0.2, 0.25) is 5.02 Å². The number of hydrogen-bond acceptors (Lipinski definition) is 3. The highest BCUT2D eigenvalue weighted by atomic mass is 35.5. The first-order chi connectivity index (χ1) is 7.84. The van der Waals surface area contributed by atoms with Gasteiger partial charge in [-0.3, -0.25) is 4.79 Å². The highest BCUT2D eigenvalue weighted by molar-refractivity contribution is 6.34. The van der Waals surface area contributed by atoms with Crippen molar-refractivity contribution in [2.24, 2.45) is 0 Å². The maximum absolute atomic E-state index is 13.6. The first-order valence-electron chi connectivity index (χ1n) is 4.47. The minimum Gasteiger partial charge on any atom is -0.502 e. The Morgan fingerprint density at radius 2 is 1.94 bits per heavy atom. The number of carboxylic acid groups (broad SMARTS) is 1. The number of aliphatic carboxylic acids is 1. The van der Waals surface area contributed by atoms with Gasteiger partial charge in [0.2, 0.25) is 5.76 Å². The fourth-order valence-electron chi connectivity index (χ4n) is 1.14. The molecule has 0 atom stereocenters. The topological polar surface area (TPSA) is 74.6 Å². The van der Waals surface area contributed by atoms with E-state index in [1.54, 1.807) is 0 Å². The summed E-state index contributed by atoms with van der Waals surface area (Å²) in [6.07, 6.45) is 0.409. The molecule has 0 fully saturated rings. The smallest absolute Gasteiger partial charge is 0.371 e. The van der Waals surface area contributed by atoms with E-state index in [-0.39, 0.29) is 10.6 Å². The van der Waals surface area contributed by atoms with E-state index >= 15 is 0 Å². The number of carbonyl (C=O) groups excluding carboxylic acids is 1. The molecule has 0 heterocycles. The van der Waals surface area contributed by atoms with Gasteiger partial charge in [0, 0.05) is 6.08 Å². The summed E-state index contributed by atoms with van der Waals surface area (Å²) in [5, 5.41) is 17.1. The summed E-state index contributed by atoms with van der Waals surface area (Å²) < 4.78 is 13.6. The molecule has 1 aromatic carbocycles. The summed E-state index contributed by atoms with van der Waals surface area (Å²) in [5.41, 5.74) is -0.263. The number of benzene rings is 1. The predicted molar refractivity (Wildman–Crippen MR) is 58.8 cm³/mol. The first-order valence-corrected chi connectivity index (χ1v) is 4.85. The fraction of sp³-hybridized carbons (Fsp3) is 0.0909. The number of carboxylic acids is 1. The number of ketones is 1. The third-order valence-electron chi connectivity index (χ3n) is 2.02. The molecule has 0 bridgehead atoms. The monoisotopic (exact) mass is 258 g/mol. The van der Waals surface area contributed by atoms with Crippen LogP contribution in [0.25, 0.3) is 0 Å². The Kier molecular flexibility index (Phi) is 3.85. The van der Waals surface area contributed by atoms with Crippen molar-refractivity contribution in [1.29, 1.82) is 0 Å². The standard InChI is InChI=1S/C11H8ClFO4/c1-5-2-3-6(12)9(10(5)13)7(14)4-8(15)11(16)17/h2-4,15H,1H3,(H,16,17)/b8-4-. The van der Waals surface area contributed by atoms with Crippen molar-refractivity contribution in [1.82, 2.24) is 0 Å². The Hall–Kier alpha value is -1.88. The van der Waals surface area contributed by atoms with Crippen LogP contribution in [0.3, 0.4) is 0 Å². The molecule has 0 saturated heterocycles. The number of aliphatic hydroxyl groups excluding tert-OH is 1. The first kappa shape index (κ1) is 13.2. The normalized spacial score (nSPS) is 11.4. The van der Waals surface area contributed by atoms with E-state index in [0.717, 1.165) is 0 Å². The lowest BCUT2D eigenvalue weighted by molar-refractivity contribution is -0.135. The number of allylic oxidation sites excluding steroid dienone is 1. The van der Waals surface area contributed by atoms with Gasteiger partial charge in [-0.15, -0.1) is 0 Å². The van der Waals surface area contributed by atoms with Crippen LogP contribution in [0.1, 0.15) is 15.9 Å². The zero-order valence-corrected chi connectivity index (χ0v) is 9.45. The van der Waals surface area contributed by atoms with Crippen LogP contribution in [0, 0.1) is 12.7 Å². The SMILES string of the molecule is Cc1ccc(Cl)c(C(=O)/C=C(\O)C(=O)O)c1F. The quantitative estimate of drug-likeness (QED) is 0.496. The Morgan fingerprint density at radius 1 is 1.35 bits per heavy atom. The minimum absolute atomic E-state index is 0.146. The molecule has 0 unspecified atom stereocenters. The van der Waals surface area contributed by atoms with E-state index in [0.29, 0.717) is 6.08 Å². The number of aryl methyl sites for hydroxylation is 1. The minimum atomic E-state index is -1.68. The molecule has 0 aromatic heterocycles. The van der Waals surface area contributed by atoms with Gasteiger partial charge < -0.3 is 10.2 Å². The van der Waals surface area contributed by atoms with Crippen molar-refractivity contribution in [3.63, 3.8) is 0 Å². The number of hydrogen-bond donors (Lipinski definition) is 2. The molecule has 0 saturated carbocycles. The van der Waals surface area contributed by atoms with Crippen molar-refractivity contribution in [3.05, 3.63) is 45.9 Å². The van der Waals surface area contributed by atoms with Gasteiger partial charge in [-0.05, 0) is 18.6 Å². The van der Waals surface area contributed by atoms with Gasteiger partial charge in [0.15, 0.2) is 5.78 Å². The summed E-state index contributed by atoms with van der Waals surface area (Å²) in [6.45, 7) is 1.43. The van der Waals surface area contributed by atoms with Gasteiger partial charge in [0.25, 0.3) is 0 Å². The molecule has 0 aliphatic rings. The fourth-order valence-corrected chi connectivity index (χ4v) is 1.38. The van der Waals surface area contributed by atoms with Crippen LogP contribution >= 0.6 is 11.6 Å². The van der Waals surface area contributed by atoms with E-state index in [1.807, 2.05) is 0 Å². The average Bonchev–Trinajstić information content (AvgIpc) is 2.24. The molecule has 0 spiro atoms. The van der Waals surface area contributed by atoms with Crippen LogP contribution in [0.15, 0.2) is 24.0 Å². The van der Waals surface area contributed by atoms with Crippen molar-refractivity contribution in [2.75, 3.05) is 0 Å². The number of carbonyl (C=O) groups is 2. The molecule has 1 rings (SSSR count). The summed E-state index contributed by atoms with van der Waals surface area (Å²) in [5.74, 6) is -4.69. The largest absolute Gasteiger partial charge is 0.502 e. The third kappa shape index (κ3) is 2.82. The highest BCUT2D eigenvalue weighted by Gasteiger charge is 2.18. The summed E-state index contributed by atoms with van der Waals surface area (Å²) in [4.78, 5) is 21.8. The second-order valence-corrected chi connectivity index (χ2v) is 3.66. The number of halogens is 2. The third-order valence-corrected chi connectivity index (χ3v) is 2.33. The molecule has 0 amide bonds. The lowest BCUT2D eigenvalue weighted by Gasteiger charge is -2.04. The van der Waals surface area contributed by atoms with Crippen LogP contribution in [0.4, 0.5) is 4.39 Å². The summed E-state index contributed by atoms with van der Waals surface area (Å²) in [7, 11) is 0. The van der Waals surface area contributed by atoms with E-state index < -0.39 is 28.9 Å². The number of aliphatic hydroxyl groups is 1. The van der Waals surface area contributed by atoms with Crippen molar-refractivity contribution in [2.45, 2.75) is 6.92 Å². The predicted octanol–water partition coefficient (Wildman–Crippen LogP) is 2.50. The van der Waals surface area contributed by atoms with E-state index in [1.165, 1.54) is 19.1 Å². The van der Waals surface area contributed by atoms with Gasteiger partial charge in [-0.1, -0.05) is 17.7 Å². The van der Waals surface area contributed by atoms with Gasteiger partial charge in [0.1, 0.15) is 5.82 Å². The zero-order chi connectivity index (χ0) is 13.2. The van der Waals surface area contributed by atoms with Crippen molar-refractivity contribution < 1.29 is 24.2 Å². The molecule has 2 N–H and O–H groups in total. The maximum atomic E-state index is 13.6. The van der Waals surface area contributed by atoms with Crippen LogP contribution < -0.4 is 0 Å². The van der Waals surface area contributed by atoms with Crippen LogP contribution in [0.5, 0.6) is 0 Å². The van der Waals surface area contributed by atoms with E-state index in [2.05, 4.69) is 0 Å². The molecule has 0 aliphatic carbocycles. The van der Waals surface area contributed by atoms with Crippen molar-refractivity contribution in [3.8, 4) is 0 Å². The second kappa shape index (κ2) is 4.97. The van der Waals surface area contributed by atoms with Crippen LogP contribution in [-0.4, -0.2) is 22.0 Å². The van der Waals surface area contributed by atoms with Gasteiger partial charge >= 0.3 is 5.97 Å². The van der Waals surface area contributed by atoms with Crippen molar-refractivity contribution >= 4 is 23.4 Å². The van der Waals surface area contributed by atoms with E-state index in [4.69, 9.17) is 21.8 Å². The lowest BCUT2D eigenvalue weighted by atomic mass is 10.1. The Labute approximate surface area is 101 Å². The van der Waals surface area contributed by atoms with E-state index in [9.17, 15) is 14.0 Å². The van der Waals surface area contributed by atoms with Gasteiger partial charge in [0.05, 0.1) is 10.6 Å². The van der Waals surface area contributed by atoms with Gasteiger partial charge in [-0.25, -0.2) is 9.18 Å². The second-order valence-electron chi connectivity index (χ2n) is 3.25. The summed E-state index contributed by atoms with van der Waals surface area (Å²) in [6, 6.07) is 2.70. The molecule has 1 aromatic rings. The molecule has 4 nitrogen and oxygen atoms in total. The summed E-state index contributed by atoms with van der Waals surface area (Å²) >= 11 is 5.64.